The van der Waals surface area contributed by atoms with Gasteiger partial charge in [-0.1, -0.05) is 19.3 Å². The molecule has 1 N–H and O–H groups in total. The molecule has 0 aromatic heterocycles. The third-order valence-electron chi connectivity index (χ3n) is 5.25. The smallest absolute Gasteiger partial charge is 0.337 e. The fraction of sp³-hybridized carbons (Fsp3) is 0.600. The molecule has 2 fully saturated rings. The Kier molecular flexibility index (Phi) is 6.36. The SMILES string of the molecule is COC(=O)c1ccc(N2CCCC2)c(NC(=O)N2CCCCCCC2)c1. The van der Waals surface area contributed by atoms with Gasteiger partial charge in [0.05, 0.1) is 24.0 Å². The van der Waals surface area contributed by atoms with Crippen molar-refractivity contribution in [3.63, 3.8) is 0 Å². The maximum atomic E-state index is 12.8. The number of likely N-dealkylation sites (tertiary alicyclic amines) is 1. The molecule has 26 heavy (non-hydrogen) atoms. The molecule has 1 aromatic carbocycles. The average molecular weight is 359 g/mol. The van der Waals surface area contributed by atoms with Crippen molar-refractivity contribution in [3.8, 4) is 0 Å². The largest absolute Gasteiger partial charge is 0.465 e. The van der Waals surface area contributed by atoms with Crippen LogP contribution in [0.3, 0.4) is 0 Å². The minimum atomic E-state index is -0.389. The van der Waals surface area contributed by atoms with Gasteiger partial charge in [-0.25, -0.2) is 9.59 Å². The molecule has 6 nitrogen and oxygen atoms in total. The standard InChI is InChI=1S/C20H29N3O3/c1-26-19(24)16-9-10-18(22-11-7-8-12-22)17(15-16)21-20(25)23-13-5-3-2-4-6-14-23/h9-10,15H,2-8,11-14H2,1H3,(H,21,25). The summed E-state index contributed by atoms with van der Waals surface area (Å²) < 4.78 is 4.83. The van der Waals surface area contributed by atoms with Gasteiger partial charge >= 0.3 is 12.0 Å². The van der Waals surface area contributed by atoms with E-state index >= 15 is 0 Å². The number of anilines is 2. The van der Waals surface area contributed by atoms with Crippen molar-refractivity contribution in [3.05, 3.63) is 23.8 Å². The first-order valence-electron chi connectivity index (χ1n) is 9.72. The summed E-state index contributed by atoms with van der Waals surface area (Å²) in [5.41, 5.74) is 2.14. The normalized spacial score (nSPS) is 18.2. The lowest BCUT2D eigenvalue weighted by Gasteiger charge is -2.27. The summed E-state index contributed by atoms with van der Waals surface area (Å²) in [4.78, 5) is 28.9. The van der Waals surface area contributed by atoms with Gasteiger partial charge in [0.1, 0.15) is 0 Å². The number of urea groups is 1. The second kappa shape index (κ2) is 8.92. The molecule has 0 aliphatic carbocycles. The van der Waals surface area contributed by atoms with Gasteiger partial charge in [-0.05, 0) is 43.9 Å². The molecule has 0 spiro atoms. The van der Waals surface area contributed by atoms with E-state index in [0.29, 0.717) is 11.3 Å². The van der Waals surface area contributed by atoms with E-state index in [9.17, 15) is 9.59 Å². The highest BCUT2D eigenvalue weighted by Gasteiger charge is 2.21. The zero-order valence-electron chi connectivity index (χ0n) is 15.6. The molecule has 6 heteroatoms. The molecule has 0 saturated carbocycles. The van der Waals surface area contributed by atoms with Gasteiger partial charge in [-0.3, -0.25) is 0 Å². The van der Waals surface area contributed by atoms with Crippen LogP contribution < -0.4 is 10.2 Å². The van der Waals surface area contributed by atoms with E-state index in [1.165, 1.54) is 26.4 Å². The van der Waals surface area contributed by atoms with Crippen LogP contribution in [0.5, 0.6) is 0 Å². The van der Waals surface area contributed by atoms with Gasteiger partial charge in [-0.2, -0.15) is 0 Å². The minimum Gasteiger partial charge on any atom is -0.465 e. The molecule has 2 aliphatic heterocycles. The summed E-state index contributed by atoms with van der Waals surface area (Å²) in [6.07, 6.45) is 8.02. The number of amides is 2. The third-order valence-corrected chi connectivity index (χ3v) is 5.25. The van der Waals surface area contributed by atoms with Crippen molar-refractivity contribution in [2.45, 2.75) is 44.9 Å². The topological polar surface area (TPSA) is 61.9 Å². The second-order valence-corrected chi connectivity index (χ2v) is 7.10. The van der Waals surface area contributed by atoms with Crippen LogP contribution in [0.4, 0.5) is 16.2 Å². The quantitative estimate of drug-likeness (QED) is 0.832. The molecule has 0 unspecified atom stereocenters. The van der Waals surface area contributed by atoms with E-state index < -0.39 is 0 Å². The number of carbonyl (C=O) groups is 2. The molecular weight excluding hydrogens is 330 g/mol. The summed E-state index contributed by atoms with van der Waals surface area (Å²) >= 11 is 0. The van der Waals surface area contributed by atoms with E-state index in [2.05, 4.69) is 10.2 Å². The molecule has 2 amide bonds. The van der Waals surface area contributed by atoms with Gasteiger partial charge in [-0.15, -0.1) is 0 Å². The Morgan fingerprint density at radius 3 is 2.19 bits per heavy atom. The van der Waals surface area contributed by atoms with Gasteiger partial charge in [0.25, 0.3) is 0 Å². The summed E-state index contributed by atoms with van der Waals surface area (Å²) in [7, 11) is 1.37. The van der Waals surface area contributed by atoms with Crippen LogP contribution in [0.2, 0.25) is 0 Å². The van der Waals surface area contributed by atoms with Gasteiger partial charge in [0, 0.05) is 26.2 Å². The van der Waals surface area contributed by atoms with Gasteiger partial charge in [0.15, 0.2) is 0 Å². The molecule has 1 aromatic rings. The summed E-state index contributed by atoms with van der Waals surface area (Å²) in [6, 6.07) is 5.35. The molecule has 0 bridgehead atoms. The number of ether oxygens (including phenoxy) is 1. The van der Waals surface area contributed by atoms with Crippen molar-refractivity contribution in [2.75, 3.05) is 43.5 Å². The van der Waals surface area contributed by atoms with Crippen LogP contribution in [0.1, 0.15) is 55.3 Å². The molecule has 0 atom stereocenters. The first-order chi connectivity index (χ1) is 12.7. The van der Waals surface area contributed by atoms with Crippen LogP contribution in [-0.4, -0.2) is 50.2 Å². The predicted molar refractivity (Wildman–Crippen MR) is 103 cm³/mol. The number of rotatable bonds is 3. The van der Waals surface area contributed by atoms with Crippen LogP contribution in [-0.2, 0) is 4.74 Å². The highest BCUT2D eigenvalue weighted by Crippen LogP contribution is 2.30. The van der Waals surface area contributed by atoms with Crippen LogP contribution in [0.15, 0.2) is 18.2 Å². The number of methoxy groups -OCH3 is 1. The predicted octanol–water partition coefficient (Wildman–Crippen LogP) is 3.87. The number of benzene rings is 1. The van der Waals surface area contributed by atoms with Crippen LogP contribution >= 0.6 is 0 Å². The second-order valence-electron chi connectivity index (χ2n) is 7.10. The zero-order chi connectivity index (χ0) is 18.4. The van der Waals surface area contributed by atoms with E-state index in [0.717, 1.165) is 57.5 Å². The Morgan fingerprint density at radius 2 is 1.54 bits per heavy atom. The monoisotopic (exact) mass is 359 g/mol. The number of carbonyl (C=O) groups excluding carboxylic acids is 2. The first-order valence-corrected chi connectivity index (χ1v) is 9.72. The van der Waals surface area contributed by atoms with Crippen LogP contribution in [0.25, 0.3) is 0 Å². The average Bonchev–Trinajstić information content (AvgIpc) is 3.15. The molecule has 2 heterocycles. The fourth-order valence-electron chi connectivity index (χ4n) is 3.76. The lowest BCUT2D eigenvalue weighted by atomic mass is 10.1. The Bertz CT molecular complexity index is 633. The third kappa shape index (κ3) is 4.48. The Morgan fingerprint density at radius 1 is 0.923 bits per heavy atom. The maximum absolute atomic E-state index is 12.8. The fourth-order valence-corrected chi connectivity index (χ4v) is 3.76. The van der Waals surface area contributed by atoms with Crippen LogP contribution in [0, 0.1) is 0 Å². The van der Waals surface area contributed by atoms with Crippen molar-refractivity contribution in [1.82, 2.24) is 4.90 Å². The van der Waals surface area contributed by atoms with Gasteiger partial charge < -0.3 is 19.9 Å². The highest BCUT2D eigenvalue weighted by molar-refractivity contribution is 5.97. The molecule has 0 radical (unpaired) electrons. The minimum absolute atomic E-state index is 0.0747. The Balaban J connectivity index is 1.80. The van der Waals surface area contributed by atoms with E-state index in [1.807, 2.05) is 11.0 Å². The van der Waals surface area contributed by atoms with E-state index in [-0.39, 0.29) is 12.0 Å². The van der Waals surface area contributed by atoms with Crippen molar-refractivity contribution in [2.24, 2.45) is 0 Å². The Hall–Kier alpha value is -2.24. The Labute approximate surface area is 155 Å². The van der Waals surface area contributed by atoms with Crippen molar-refractivity contribution < 1.29 is 14.3 Å². The summed E-state index contributed by atoms with van der Waals surface area (Å²) in [5.74, 6) is -0.389. The molecule has 3 rings (SSSR count). The number of hydrogen-bond donors (Lipinski definition) is 1. The highest BCUT2D eigenvalue weighted by atomic mass is 16.5. The van der Waals surface area contributed by atoms with E-state index in [4.69, 9.17) is 4.74 Å². The molecular formula is C20H29N3O3. The van der Waals surface area contributed by atoms with Crippen molar-refractivity contribution >= 4 is 23.4 Å². The van der Waals surface area contributed by atoms with E-state index in [1.54, 1.807) is 12.1 Å². The van der Waals surface area contributed by atoms with Crippen molar-refractivity contribution in [1.29, 1.82) is 0 Å². The number of hydrogen-bond acceptors (Lipinski definition) is 4. The molecule has 142 valence electrons. The molecule has 2 aliphatic rings. The summed E-state index contributed by atoms with van der Waals surface area (Å²) in [6.45, 7) is 3.54. The first kappa shape index (κ1) is 18.5. The lowest BCUT2D eigenvalue weighted by molar-refractivity contribution is 0.0600. The number of esters is 1. The number of nitrogens with zero attached hydrogens (tertiary/aromatic N) is 2. The molecule has 2 saturated heterocycles. The number of nitrogens with one attached hydrogen (secondary N) is 1. The zero-order valence-corrected chi connectivity index (χ0v) is 15.6. The summed E-state index contributed by atoms with van der Waals surface area (Å²) in [5, 5.41) is 3.06. The van der Waals surface area contributed by atoms with Gasteiger partial charge in [0.2, 0.25) is 0 Å². The lowest BCUT2D eigenvalue weighted by Crippen LogP contribution is -2.37. The maximum Gasteiger partial charge on any atom is 0.337 e.